The quantitative estimate of drug-likeness (QED) is 0.405. The number of fused-ring (bicyclic) bond motifs is 1. The number of imidazole rings is 1. The van der Waals surface area contributed by atoms with Crippen LogP contribution in [0, 0.1) is 6.33 Å². The average molecular weight is 392 g/mol. The highest BCUT2D eigenvalue weighted by Gasteiger charge is 2.21. The predicted molar refractivity (Wildman–Crippen MR) is 108 cm³/mol. The van der Waals surface area contributed by atoms with Gasteiger partial charge in [-0.2, -0.15) is 13.0 Å². The van der Waals surface area contributed by atoms with Crippen LogP contribution in [0.15, 0.2) is 78.9 Å². The molecule has 0 atom stereocenters. The highest BCUT2D eigenvalue weighted by Crippen LogP contribution is 2.21. The first kappa shape index (κ1) is 18.4. The van der Waals surface area contributed by atoms with Crippen LogP contribution < -0.4 is 4.57 Å². The SMILES string of the molecule is O=S(=O)(O)CCc1ccccc1-n1[c][n+](Cc2ccccc2)c2ccccc21. The second-order valence-electron chi connectivity index (χ2n) is 6.66. The van der Waals surface area contributed by atoms with Gasteiger partial charge in [0.05, 0.1) is 5.75 Å². The van der Waals surface area contributed by atoms with Crippen molar-refractivity contribution in [3.05, 3.63) is 96.3 Å². The van der Waals surface area contributed by atoms with Gasteiger partial charge in [-0.1, -0.05) is 60.7 Å². The number of nitrogens with zero attached hydrogens (tertiary/aromatic N) is 2. The summed E-state index contributed by atoms with van der Waals surface area (Å²) in [7, 11) is -4.02. The lowest BCUT2D eigenvalue weighted by Gasteiger charge is -2.05. The van der Waals surface area contributed by atoms with Crippen LogP contribution in [-0.4, -0.2) is 23.3 Å². The Hall–Kier alpha value is -2.96. The van der Waals surface area contributed by atoms with Crippen LogP contribution in [0.4, 0.5) is 0 Å². The molecule has 0 amide bonds. The van der Waals surface area contributed by atoms with Gasteiger partial charge in [0.1, 0.15) is 12.2 Å². The molecule has 0 unspecified atom stereocenters. The van der Waals surface area contributed by atoms with Crippen molar-refractivity contribution < 1.29 is 17.5 Å². The Balaban J connectivity index is 1.80. The number of aromatic nitrogens is 2. The average Bonchev–Trinajstić information content (AvgIpc) is 3.05. The summed E-state index contributed by atoms with van der Waals surface area (Å²) in [5.41, 5.74) is 4.89. The summed E-state index contributed by atoms with van der Waals surface area (Å²) in [6.07, 6.45) is 3.64. The molecule has 0 aliphatic carbocycles. The zero-order valence-corrected chi connectivity index (χ0v) is 16.0. The molecule has 5 nitrogen and oxygen atoms in total. The van der Waals surface area contributed by atoms with Crippen LogP contribution >= 0.6 is 0 Å². The van der Waals surface area contributed by atoms with Gasteiger partial charge in [0.25, 0.3) is 10.1 Å². The fourth-order valence-corrected chi connectivity index (χ4v) is 3.84. The number of hydrogen-bond donors (Lipinski definition) is 1. The largest absolute Gasteiger partial charge is 0.380 e. The van der Waals surface area contributed by atoms with Gasteiger partial charge in [0.15, 0.2) is 11.0 Å². The van der Waals surface area contributed by atoms with Gasteiger partial charge >= 0.3 is 6.33 Å². The first-order valence-corrected chi connectivity index (χ1v) is 10.6. The van der Waals surface area contributed by atoms with E-state index >= 15 is 0 Å². The van der Waals surface area contributed by atoms with Crippen molar-refractivity contribution in [2.45, 2.75) is 13.0 Å². The summed E-state index contributed by atoms with van der Waals surface area (Å²) in [5, 5.41) is 0. The van der Waals surface area contributed by atoms with Crippen LogP contribution in [0.3, 0.4) is 0 Å². The van der Waals surface area contributed by atoms with Gasteiger partial charge in [-0.3, -0.25) is 4.55 Å². The summed E-state index contributed by atoms with van der Waals surface area (Å²) in [6, 6.07) is 25.8. The molecule has 0 bridgehead atoms. The van der Waals surface area contributed by atoms with E-state index in [1.165, 1.54) is 5.56 Å². The van der Waals surface area contributed by atoms with Crippen LogP contribution in [0.25, 0.3) is 16.7 Å². The molecule has 3 aromatic carbocycles. The van der Waals surface area contributed by atoms with Crippen molar-refractivity contribution in [2.24, 2.45) is 0 Å². The molecule has 0 saturated carbocycles. The maximum atomic E-state index is 11.2. The van der Waals surface area contributed by atoms with Crippen molar-refractivity contribution >= 4 is 21.2 Å². The standard InChI is InChI=1S/C22H20N2O3S/c25-28(26,27)15-14-19-10-4-5-11-20(19)24-17-23(16-18-8-2-1-3-9-18)21-12-6-7-13-22(21)24/h1-13H,14-16H2,(H,25,26,27)/q+1. The van der Waals surface area contributed by atoms with Crippen LogP contribution in [-0.2, 0) is 23.1 Å². The first-order valence-electron chi connectivity index (χ1n) is 9.01. The summed E-state index contributed by atoms with van der Waals surface area (Å²) >= 11 is 0. The van der Waals surface area contributed by atoms with Crippen molar-refractivity contribution in [2.75, 3.05) is 5.75 Å². The molecule has 1 N–H and O–H groups in total. The van der Waals surface area contributed by atoms with E-state index in [0.29, 0.717) is 6.54 Å². The first-order chi connectivity index (χ1) is 13.5. The minimum Gasteiger partial charge on any atom is -0.286 e. The number of para-hydroxylation sites is 3. The van der Waals surface area contributed by atoms with E-state index in [-0.39, 0.29) is 12.2 Å². The number of hydrogen-bond acceptors (Lipinski definition) is 2. The van der Waals surface area contributed by atoms with E-state index < -0.39 is 10.1 Å². The monoisotopic (exact) mass is 392 g/mol. The van der Waals surface area contributed by atoms with Gasteiger partial charge < -0.3 is 0 Å². The van der Waals surface area contributed by atoms with E-state index in [4.69, 9.17) is 4.55 Å². The molecule has 141 valence electrons. The third-order valence-electron chi connectivity index (χ3n) is 4.68. The molecule has 0 aliphatic heterocycles. The van der Waals surface area contributed by atoms with Crippen molar-refractivity contribution in [3.8, 4) is 5.69 Å². The normalized spacial score (nSPS) is 11.8. The molecule has 0 saturated heterocycles. The Kier molecular flexibility index (Phi) is 4.98. The third kappa shape index (κ3) is 3.98. The van der Waals surface area contributed by atoms with Gasteiger partial charge in [0, 0.05) is 5.56 Å². The molecule has 6 heteroatoms. The molecular weight excluding hydrogens is 372 g/mol. The molecule has 28 heavy (non-hydrogen) atoms. The lowest BCUT2D eigenvalue weighted by molar-refractivity contribution is -0.667. The van der Waals surface area contributed by atoms with Crippen molar-refractivity contribution in [1.82, 2.24) is 4.57 Å². The molecule has 0 spiro atoms. The zero-order valence-electron chi connectivity index (χ0n) is 15.2. The van der Waals surface area contributed by atoms with Gasteiger partial charge in [-0.15, -0.1) is 0 Å². The number of rotatable bonds is 6. The molecular formula is C22H20N2O3S+. The second kappa shape index (κ2) is 7.58. The fraction of sp³-hybridized carbons (Fsp3) is 0.136. The number of aryl methyl sites for hydroxylation is 1. The third-order valence-corrected chi connectivity index (χ3v) is 5.40. The predicted octanol–water partition coefficient (Wildman–Crippen LogP) is 3.20. The molecule has 1 aromatic heterocycles. The molecule has 0 aliphatic rings. The highest BCUT2D eigenvalue weighted by atomic mass is 32.2. The van der Waals surface area contributed by atoms with E-state index in [0.717, 1.165) is 22.3 Å². The lowest BCUT2D eigenvalue weighted by Crippen LogP contribution is -2.33. The van der Waals surface area contributed by atoms with Gasteiger partial charge in [0.2, 0.25) is 0 Å². The van der Waals surface area contributed by atoms with E-state index in [1.54, 1.807) is 0 Å². The molecule has 0 fully saturated rings. The zero-order chi connectivity index (χ0) is 19.6. The topological polar surface area (TPSA) is 63.2 Å². The Morgan fingerprint density at radius 1 is 0.893 bits per heavy atom. The lowest BCUT2D eigenvalue weighted by atomic mass is 10.1. The van der Waals surface area contributed by atoms with E-state index in [2.05, 4.69) is 23.0 Å². The maximum Gasteiger partial charge on any atom is 0.380 e. The van der Waals surface area contributed by atoms with Crippen molar-refractivity contribution in [3.63, 3.8) is 0 Å². The smallest absolute Gasteiger partial charge is 0.286 e. The second-order valence-corrected chi connectivity index (χ2v) is 8.23. The van der Waals surface area contributed by atoms with Crippen molar-refractivity contribution in [1.29, 1.82) is 0 Å². The molecule has 4 rings (SSSR count). The Labute approximate surface area is 164 Å². The summed E-state index contributed by atoms with van der Waals surface area (Å²) in [5.74, 6) is -0.312. The molecule has 1 heterocycles. The maximum absolute atomic E-state index is 11.2. The Morgan fingerprint density at radius 3 is 2.36 bits per heavy atom. The van der Waals surface area contributed by atoms with Gasteiger partial charge in [-0.25, -0.2) is 4.57 Å². The summed E-state index contributed by atoms with van der Waals surface area (Å²) in [6.45, 7) is 0.682. The van der Waals surface area contributed by atoms with Crippen LogP contribution in [0.2, 0.25) is 0 Å². The summed E-state index contributed by atoms with van der Waals surface area (Å²) in [4.78, 5) is 0. The molecule has 4 aromatic rings. The molecule has 1 radical (unpaired) electrons. The van der Waals surface area contributed by atoms with E-state index in [1.807, 2.05) is 71.3 Å². The van der Waals surface area contributed by atoms with Crippen LogP contribution in [0.5, 0.6) is 0 Å². The summed E-state index contributed by atoms with van der Waals surface area (Å²) < 4.78 is 35.6. The van der Waals surface area contributed by atoms with E-state index in [9.17, 15) is 8.42 Å². The minimum absolute atomic E-state index is 0.230. The highest BCUT2D eigenvalue weighted by molar-refractivity contribution is 7.85. The van der Waals surface area contributed by atoms with Crippen LogP contribution in [0.1, 0.15) is 11.1 Å². The number of benzene rings is 3. The fourth-order valence-electron chi connectivity index (χ4n) is 3.36. The Morgan fingerprint density at radius 2 is 1.57 bits per heavy atom. The van der Waals surface area contributed by atoms with Gasteiger partial charge in [-0.05, 0) is 30.2 Å². The Bertz CT molecular complexity index is 1220. The minimum atomic E-state index is -4.02.